The molecule has 1 amide bonds. The van der Waals surface area contributed by atoms with Gasteiger partial charge in [0.15, 0.2) is 0 Å². The smallest absolute Gasteiger partial charge is 0.339 e. The van der Waals surface area contributed by atoms with Gasteiger partial charge in [0.2, 0.25) is 5.91 Å². The maximum atomic E-state index is 12.3. The predicted octanol–water partition coefficient (Wildman–Crippen LogP) is 2.39. The number of benzene rings is 1. The van der Waals surface area contributed by atoms with Crippen molar-refractivity contribution < 1.29 is 14.3 Å². The van der Waals surface area contributed by atoms with Crippen LogP contribution in [0.1, 0.15) is 30.6 Å². The lowest BCUT2D eigenvalue weighted by Crippen LogP contribution is -2.42. The molecule has 1 aromatic carbocycles. The van der Waals surface area contributed by atoms with Crippen molar-refractivity contribution in [3.63, 3.8) is 0 Å². The molecule has 120 valence electrons. The normalized spacial score (nSPS) is 22.1. The van der Waals surface area contributed by atoms with Crippen LogP contribution in [0.2, 0.25) is 0 Å². The summed E-state index contributed by atoms with van der Waals surface area (Å²) in [6, 6.07) is 6.89. The average molecular weight is 304 g/mol. The van der Waals surface area contributed by atoms with Gasteiger partial charge in [0.25, 0.3) is 0 Å². The van der Waals surface area contributed by atoms with E-state index in [9.17, 15) is 9.59 Å². The topological polar surface area (TPSA) is 58.6 Å². The average Bonchev–Trinajstić information content (AvgIpc) is 2.45. The van der Waals surface area contributed by atoms with E-state index in [1.807, 2.05) is 0 Å². The highest BCUT2D eigenvalue weighted by atomic mass is 16.5. The molecule has 1 aliphatic heterocycles. The molecular formula is C17H24N2O3. The van der Waals surface area contributed by atoms with Crippen LogP contribution in [0, 0.1) is 11.8 Å². The van der Waals surface area contributed by atoms with Crippen molar-refractivity contribution in [2.24, 2.45) is 11.8 Å². The van der Waals surface area contributed by atoms with Crippen LogP contribution in [0.25, 0.3) is 0 Å². The number of para-hydroxylation sites is 1. The monoisotopic (exact) mass is 304 g/mol. The fourth-order valence-corrected chi connectivity index (χ4v) is 3.19. The molecule has 2 rings (SSSR count). The second-order valence-corrected chi connectivity index (χ2v) is 6.23. The highest BCUT2D eigenvalue weighted by Gasteiger charge is 2.23. The van der Waals surface area contributed by atoms with E-state index in [2.05, 4.69) is 24.1 Å². The molecule has 0 radical (unpaired) electrons. The summed E-state index contributed by atoms with van der Waals surface area (Å²) in [5.41, 5.74) is 0.871. The van der Waals surface area contributed by atoms with E-state index in [1.165, 1.54) is 13.5 Å². The van der Waals surface area contributed by atoms with Crippen molar-refractivity contribution in [1.82, 2.24) is 4.90 Å². The minimum Gasteiger partial charge on any atom is -0.465 e. The predicted molar refractivity (Wildman–Crippen MR) is 85.8 cm³/mol. The number of nitrogens with one attached hydrogen (secondary N) is 1. The number of anilines is 1. The summed E-state index contributed by atoms with van der Waals surface area (Å²) >= 11 is 0. The Bertz CT molecular complexity index is 534. The summed E-state index contributed by atoms with van der Waals surface area (Å²) in [7, 11) is 1.33. The molecular weight excluding hydrogens is 280 g/mol. The molecule has 0 aliphatic carbocycles. The van der Waals surface area contributed by atoms with Gasteiger partial charge in [0.1, 0.15) is 0 Å². The third-order valence-electron chi connectivity index (χ3n) is 3.92. The molecule has 1 fully saturated rings. The van der Waals surface area contributed by atoms with E-state index in [4.69, 9.17) is 4.74 Å². The number of piperidine rings is 1. The number of carbonyl (C=O) groups excluding carboxylic acids is 2. The van der Waals surface area contributed by atoms with Crippen LogP contribution in [0.3, 0.4) is 0 Å². The number of methoxy groups -OCH3 is 1. The molecule has 1 heterocycles. The lowest BCUT2D eigenvalue weighted by atomic mass is 9.92. The van der Waals surface area contributed by atoms with Gasteiger partial charge < -0.3 is 10.1 Å². The first-order valence-corrected chi connectivity index (χ1v) is 7.69. The van der Waals surface area contributed by atoms with Crippen LogP contribution < -0.4 is 5.32 Å². The lowest BCUT2D eigenvalue weighted by Gasteiger charge is -2.34. The number of hydrogen-bond donors (Lipinski definition) is 1. The molecule has 1 aromatic rings. The van der Waals surface area contributed by atoms with Crippen molar-refractivity contribution in [2.45, 2.75) is 20.3 Å². The van der Waals surface area contributed by atoms with Crippen LogP contribution in [0.4, 0.5) is 5.69 Å². The molecule has 1 aliphatic rings. The first-order chi connectivity index (χ1) is 10.5. The second kappa shape index (κ2) is 7.40. The summed E-state index contributed by atoms with van der Waals surface area (Å²) in [4.78, 5) is 26.1. The van der Waals surface area contributed by atoms with Gasteiger partial charge in [0.05, 0.1) is 24.9 Å². The molecule has 0 unspecified atom stereocenters. The van der Waals surface area contributed by atoms with Crippen LogP contribution in [-0.4, -0.2) is 43.5 Å². The van der Waals surface area contributed by atoms with Gasteiger partial charge >= 0.3 is 5.97 Å². The third-order valence-corrected chi connectivity index (χ3v) is 3.92. The molecule has 2 atom stereocenters. The number of ether oxygens (including phenoxy) is 1. The largest absolute Gasteiger partial charge is 0.465 e. The van der Waals surface area contributed by atoms with Gasteiger partial charge in [0, 0.05) is 13.1 Å². The summed E-state index contributed by atoms with van der Waals surface area (Å²) in [6.45, 7) is 6.66. The minimum atomic E-state index is -0.448. The van der Waals surface area contributed by atoms with Crippen molar-refractivity contribution >= 4 is 17.6 Å². The fraction of sp³-hybridized carbons (Fsp3) is 0.529. The highest BCUT2D eigenvalue weighted by molar-refractivity contribution is 6.01. The fourth-order valence-electron chi connectivity index (χ4n) is 3.19. The van der Waals surface area contributed by atoms with Gasteiger partial charge in [-0.05, 0) is 30.4 Å². The van der Waals surface area contributed by atoms with Gasteiger partial charge in [-0.3, -0.25) is 9.69 Å². The maximum Gasteiger partial charge on any atom is 0.339 e. The number of nitrogens with zero attached hydrogens (tertiary/aromatic N) is 1. The Hall–Kier alpha value is -1.88. The van der Waals surface area contributed by atoms with E-state index in [-0.39, 0.29) is 5.91 Å². The molecule has 1 N–H and O–H groups in total. The number of hydrogen-bond acceptors (Lipinski definition) is 4. The van der Waals surface area contributed by atoms with Crippen molar-refractivity contribution in [1.29, 1.82) is 0 Å². The second-order valence-electron chi connectivity index (χ2n) is 6.23. The first kappa shape index (κ1) is 16.5. The summed E-state index contributed by atoms with van der Waals surface area (Å²) < 4.78 is 4.74. The Balaban J connectivity index is 1.99. The van der Waals surface area contributed by atoms with Gasteiger partial charge in [-0.2, -0.15) is 0 Å². The zero-order valence-corrected chi connectivity index (χ0v) is 13.5. The quantitative estimate of drug-likeness (QED) is 0.868. The van der Waals surface area contributed by atoms with Crippen LogP contribution in [-0.2, 0) is 9.53 Å². The Morgan fingerprint density at radius 2 is 1.86 bits per heavy atom. The Labute approximate surface area is 131 Å². The van der Waals surface area contributed by atoms with Crippen LogP contribution in [0.5, 0.6) is 0 Å². The summed E-state index contributed by atoms with van der Waals surface area (Å²) in [5.74, 6) is 0.673. The van der Waals surface area contributed by atoms with Gasteiger partial charge in [-0.15, -0.1) is 0 Å². The summed E-state index contributed by atoms with van der Waals surface area (Å²) in [6.07, 6.45) is 1.21. The standard InChI is InChI=1S/C17H24N2O3/c1-12-8-13(2)10-19(9-12)11-16(20)18-15-7-5-4-6-14(15)17(21)22-3/h4-7,12-13H,8-11H2,1-3H3,(H,18,20)/t12-,13+. The van der Waals surface area contributed by atoms with E-state index in [1.54, 1.807) is 24.3 Å². The Morgan fingerprint density at radius 1 is 1.23 bits per heavy atom. The molecule has 5 nitrogen and oxygen atoms in total. The van der Waals surface area contributed by atoms with Gasteiger partial charge in [-0.1, -0.05) is 26.0 Å². The zero-order valence-electron chi connectivity index (χ0n) is 13.5. The molecule has 0 aromatic heterocycles. The van der Waals surface area contributed by atoms with Crippen molar-refractivity contribution in [3.05, 3.63) is 29.8 Å². The van der Waals surface area contributed by atoms with Crippen LogP contribution >= 0.6 is 0 Å². The lowest BCUT2D eigenvalue weighted by molar-refractivity contribution is -0.117. The van der Waals surface area contributed by atoms with E-state index < -0.39 is 5.97 Å². The highest BCUT2D eigenvalue weighted by Crippen LogP contribution is 2.21. The minimum absolute atomic E-state index is 0.0994. The molecule has 0 spiro atoms. The Morgan fingerprint density at radius 3 is 2.50 bits per heavy atom. The third kappa shape index (κ3) is 4.31. The van der Waals surface area contributed by atoms with Crippen LogP contribution in [0.15, 0.2) is 24.3 Å². The van der Waals surface area contributed by atoms with Crippen molar-refractivity contribution in [2.75, 3.05) is 32.1 Å². The number of carbonyl (C=O) groups is 2. The number of esters is 1. The molecule has 22 heavy (non-hydrogen) atoms. The number of amides is 1. The van der Waals surface area contributed by atoms with Crippen molar-refractivity contribution in [3.8, 4) is 0 Å². The number of rotatable bonds is 4. The Kier molecular flexibility index (Phi) is 5.55. The maximum absolute atomic E-state index is 12.3. The first-order valence-electron chi connectivity index (χ1n) is 7.69. The number of likely N-dealkylation sites (tertiary alicyclic amines) is 1. The molecule has 0 saturated carbocycles. The van der Waals surface area contributed by atoms with Gasteiger partial charge in [-0.25, -0.2) is 4.79 Å². The van der Waals surface area contributed by atoms with E-state index in [0.717, 1.165) is 13.1 Å². The molecule has 5 heteroatoms. The summed E-state index contributed by atoms with van der Waals surface area (Å²) in [5, 5.41) is 2.82. The molecule has 1 saturated heterocycles. The zero-order chi connectivity index (χ0) is 16.1. The van der Waals surface area contributed by atoms with E-state index in [0.29, 0.717) is 29.6 Å². The van der Waals surface area contributed by atoms with E-state index >= 15 is 0 Å². The SMILES string of the molecule is COC(=O)c1ccccc1NC(=O)CN1C[C@H](C)C[C@H](C)C1. The molecule has 0 bridgehead atoms.